The monoisotopic (exact) mass is 260 g/mol. The quantitative estimate of drug-likeness (QED) is 0.845. The van der Waals surface area contributed by atoms with Crippen LogP contribution in [0.2, 0.25) is 0 Å². The summed E-state index contributed by atoms with van der Waals surface area (Å²) < 4.78 is 19.0. The standard InChI is InChI=1S/C13H25FN2O2/c1-13(2,3)18-12(17)16-7-5-10(6-8-16)11(14)9-15-4/h10-11,15H,5-9H2,1-4H3. The second-order valence-corrected chi connectivity index (χ2v) is 5.88. The summed E-state index contributed by atoms with van der Waals surface area (Å²) in [6.45, 7) is 7.11. The van der Waals surface area contributed by atoms with E-state index < -0.39 is 11.8 Å². The highest BCUT2D eigenvalue weighted by Gasteiger charge is 2.30. The molecule has 106 valence electrons. The van der Waals surface area contributed by atoms with Crippen molar-refractivity contribution in [2.24, 2.45) is 5.92 Å². The zero-order chi connectivity index (χ0) is 13.8. The van der Waals surface area contributed by atoms with Crippen molar-refractivity contribution in [3.8, 4) is 0 Å². The lowest BCUT2D eigenvalue weighted by Gasteiger charge is -2.34. The van der Waals surface area contributed by atoms with Crippen molar-refractivity contribution in [2.75, 3.05) is 26.7 Å². The second kappa shape index (κ2) is 6.36. The van der Waals surface area contributed by atoms with Crippen LogP contribution in [0.25, 0.3) is 0 Å². The Labute approximate surface area is 109 Å². The van der Waals surface area contributed by atoms with E-state index in [2.05, 4.69) is 5.32 Å². The van der Waals surface area contributed by atoms with Gasteiger partial charge in [-0.25, -0.2) is 9.18 Å². The Bertz CT molecular complexity index is 271. The molecule has 1 heterocycles. The van der Waals surface area contributed by atoms with Gasteiger partial charge in [0.1, 0.15) is 11.8 Å². The Kier molecular flexibility index (Phi) is 5.38. The van der Waals surface area contributed by atoms with Crippen LogP contribution in [0.15, 0.2) is 0 Å². The van der Waals surface area contributed by atoms with Crippen LogP contribution >= 0.6 is 0 Å². The van der Waals surface area contributed by atoms with Crippen LogP contribution in [-0.4, -0.2) is 49.4 Å². The minimum atomic E-state index is -0.823. The number of rotatable bonds is 3. The lowest BCUT2D eigenvalue weighted by atomic mass is 9.92. The molecule has 1 unspecified atom stereocenters. The smallest absolute Gasteiger partial charge is 0.410 e. The van der Waals surface area contributed by atoms with E-state index >= 15 is 0 Å². The number of carbonyl (C=O) groups is 1. The van der Waals surface area contributed by atoms with E-state index in [1.807, 2.05) is 20.8 Å². The maximum absolute atomic E-state index is 13.7. The van der Waals surface area contributed by atoms with Gasteiger partial charge in [0.05, 0.1) is 0 Å². The Hall–Kier alpha value is -0.840. The lowest BCUT2D eigenvalue weighted by molar-refractivity contribution is 0.0145. The molecule has 1 saturated heterocycles. The molecule has 1 aliphatic heterocycles. The highest BCUT2D eigenvalue weighted by atomic mass is 19.1. The average molecular weight is 260 g/mol. The van der Waals surface area contributed by atoms with Crippen LogP contribution < -0.4 is 5.32 Å². The molecule has 0 aliphatic carbocycles. The Balaban J connectivity index is 2.37. The fourth-order valence-corrected chi connectivity index (χ4v) is 2.13. The molecule has 1 fully saturated rings. The summed E-state index contributed by atoms with van der Waals surface area (Å²) in [5.74, 6) is 0.0520. The third kappa shape index (κ3) is 4.80. The highest BCUT2D eigenvalue weighted by molar-refractivity contribution is 5.68. The predicted octanol–water partition coefficient (Wildman–Crippen LogP) is 2.19. The van der Waals surface area contributed by atoms with E-state index in [1.165, 1.54) is 0 Å². The van der Waals surface area contributed by atoms with Crippen molar-refractivity contribution in [3.05, 3.63) is 0 Å². The normalized spacial score (nSPS) is 19.7. The third-order valence-electron chi connectivity index (χ3n) is 3.10. The molecule has 0 aromatic rings. The zero-order valence-electron chi connectivity index (χ0n) is 11.8. The molecule has 0 aromatic carbocycles. The van der Waals surface area contributed by atoms with Crippen LogP contribution in [0, 0.1) is 5.92 Å². The summed E-state index contributed by atoms with van der Waals surface area (Å²) in [6, 6.07) is 0. The summed E-state index contributed by atoms with van der Waals surface area (Å²) in [6.07, 6.45) is 0.310. The first-order valence-corrected chi connectivity index (χ1v) is 6.60. The van der Waals surface area contributed by atoms with Crippen molar-refractivity contribution in [3.63, 3.8) is 0 Å². The summed E-state index contributed by atoms with van der Waals surface area (Å²) in [5.41, 5.74) is -0.470. The molecule has 4 nitrogen and oxygen atoms in total. The minimum absolute atomic E-state index is 0.0520. The number of nitrogens with zero attached hydrogens (tertiary/aromatic N) is 1. The van der Waals surface area contributed by atoms with Crippen molar-refractivity contribution in [1.29, 1.82) is 0 Å². The number of ether oxygens (including phenoxy) is 1. The Morgan fingerprint density at radius 2 is 2.00 bits per heavy atom. The van der Waals surface area contributed by atoms with E-state index in [4.69, 9.17) is 4.74 Å². The van der Waals surface area contributed by atoms with Crippen molar-refractivity contribution >= 4 is 6.09 Å². The second-order valence-electron chi connectivity index (χ2n) is 5.88. The van der Waals surface area contributed by atoms with Gasteiger partial charge in [-0.1, -0.05) is 0 Å². The van der Waals surface area contributed by atoms with Gasteiger partial charge >= 0.3 is 6.09 Å². The molecule has 0 spiro atoms. The molecule has 1 aliphatic rings. The predicted molar refractivity (Wildman–Crippen MR) is 69.4 cm³/mol. The topological polar surface area (TPSA) is 41.6 Å². The number of piperidine rings is 1. The Morgan fingerprint density at radius 3 is 2.44 bits per heavy atom. The van der Waals surface area contributed by atoms with Gasteiger partial charge in [-0.3, -0.25) is 0 Å². The molecule has 0 aromatic heterocycles. The number of likely N-dealkylation sites (tertiary alicyclic amines) is 1. The van der Waals surface area contributed by atoms with Crippen LogP contribution in [0.3, 0.4) is 0 Å². The van der Waals surface area contributed by atoms with E-state index in [1.54, 1.807) is 11.9 Å². The molecule has 1 atom stereocenters. The number of hydrogen-bond acceptors (Lipinski definition) is 3. The summed E-state index contributed by atoms with van der Waals surface area (Å²) in [5, 5.41) is 2.85. The average Bonchev–Trinajstić information content (AvgIpc) is 2.27. The molecule has 0 bridgehead atoms. The highest BCUT2D eigenvalue weighted by Crippen LogP contribution is 2.23. The minimum Gasteiger partial charge on any atom is -0.444 e. The van der Waals surface area contributed by atoms with Crippen molar-refractivity contribution < 1.29 is 13.9 Å². The molecule has 5 heteroatoms. The molecule has 0 saturated carbocycles. The fraction of sp³-hybridized carbons (Fsp3) is 0.923. The first-order valence-electron chi connectivity index (χ1n) is 6.60. The first-order chi connectivity index (χ1) is 8.33. The van der Waals surface area contributed by atoms with Gasteiger partial charge < -0.3 is 15.0 Å². The lowest BCUT2D eigenvalue weighted by Crippen LogP contribution is -2.44. The van der Waals surface area contributed by atoms with Crippen molar-refractivity contribution in [2.45, 2.75) is 45.4 Å². The SMILES string of the molecule is CNCC(F)C1CCN(C(=O)OC(C)(C)C)CC1. The molecular weight excluding hydrogens is 235 g/mol. The number of amides is 1. The Morgan fingerprint density at radius 1 is 1.44 bits per heavy atom. The molecule has 1 N–H and O–H groups in total. The van der Waals surface area contributed by atoms with E-state index in [9.17, 15) is 9.18 Å². The van der Waals surface area contributed by atoms with Gasteiger partial charge in [-0.2, -0.15) is 0 Å². The molecule has 1 amide bonds. The maximum Gasteiger partial charge on any atom is 0.410 e. The van der Waals surface area contributed by atoms with Gasteiger partial charge in [0.15, 0.2) is 0 Å². The van der Waals surface area contributed by atoms with Gasteiger partial charge in [-0.15, -0.1) is 0 Å². The number of nitrogens with one attached hydrogen (secondary N) is 1. The van der Waals surface area contributed by atoms with Gasteiger partial charge in [0.25, 0.3) is 0 Å². The van der Waals surface area contributed by atoms with Gasteiger partial charge in [0, 0.05) is 19.6 Å². The van der Waals surface area contributed by atoms with Crippen LogP contribution in [0.4, 0.5) is 9.18 Å². The number of alkyl halides is 1. The number of carbonyl (C=O) groups excluding carboxylic acids is 1. The van der Waals surface area contributed by atoms with Crippen LogP contribution in [0.1, 0.15) is 33.6 Å². The van der Waals surface area contributed by atoms with Crippen LogP contribution in [0.5, 0.6) is 0 Å². The summed E-state index contributed by atoms with van der Waals surface area (Å²) >= 11 is 0. The maximum atomic E-state index is 13.7. The fourth-order valence-electron chi connectivity index (χ4n) is 2.13. The third-order valence-corrected chi connectivity index (χ3v) is 3.10. The molecular formula is C13H25FN2O2. The summed E-state index contributed by atoms with van der Waals surface area (Å²) in [7, 11) is 1.75. The largest absolute Gasteiger partial charge is 0.444 e. The van der Waals surface area contributed by atoms with Crippen molar-refractivity contribution in [1.82, 2.24) is 10.2 Å². The van der Waals surface area contributed by atoms with E-state index in [0.29, 0.717) is 32.5 Å². The molecule has 1 rings (SSSR count). The molecule has 0 radical (unpaired) electrons. The van der Waals surface area contributed by atoms with E-state index in [0.717, 1.165) is 0 Å². The van der Waals surface area contributed by atoms with Gasteiger partial charge in [0.2, 0.25) is 0 Å². The zero-order valence-corrected chi connectivity index (χ0v) is 11.8. The molecule has 18 heavy (non-hydrogen) atoms. The number of hydrogen-bond donors (Lipinski definition) is 1. The summed E-state index contributed by atoms with van der Waals surface area (Å²) in [4.78, 5) is 13.5. The van der Waals surface area contributed by atoms with E-state index in [-0.39, 0.29) is 12.0 Å². The van der Waals surface area contributed by atoms with Gasteiger partial charge in [-0.05, 0) is 46.6 Å². The van der Waals surface area contributed by atoms with Crippen LogP contribution in [-0.2, 0) is 4.74 Å². The first kappa shape index (κ1) is 15.2. The number of halogens is 1.